The van der Waals surface area contributed by atoms with Crippen molar-refractivity contribution in [3.63, 3.8) is 0 Å². The second kappa shape index (κ2) is 4.39. The fraction of sp³-hybridized carbons (Fsp3) is 0.667. The number of cyclic esters (lactones) is 1. The van der Waals surface area contributed by atoms with Crippen molar-refractivity contribution in [2.75, 3.05) is 6.61 Å². The smallest absolute Gasteiger partial charge is 0.334 e. The third-order valence-electron chi connectivity index (χ3n) is 2.02. The Balaban J connectivity index is 2.41. The van der Waals surface area contributed by atoms with Crippen LogP contribution in [0.2, 0.25) is 0 Å². The fourth-order valence-corrected chi connectivity index (χ4v) is 1.22. The van der Waals surface area contributed by atoms with Crippen LogP contribution < -0.4 is 0 Å². The van der Waals surface area contributed by atoms with Crippen molar-refractivity contribution in [1.29, 1.82) is 0 Å². The van der Waals surface area contributed by atoms with Gasteiger partial charge in [0.1, 0.15) is 6.10 Å². The number of aliphatic hydroxyl groups excluding tert-OH is 2. The summed E-state index contributed by atoms with van der Waals surface area (Å²) in [6.07, 6.45) is 1.35. The number of rotatable bonds is 4. The Kier molecular flexibility index (Phi) is 3.45. The van der Waals surface area contributed by atoms with Crippen LogP contribution in [0.25, 0.3) is 0 Å². The van der Waals surface area contributed by atoms with E-state index in [1.807, 2.05) is 0 Å². The monoisotopic (exact) mass is 186 g/mol. The van der Waals surface area contributed by atoms with Crippen molar-refractivity contribution in [2.24, 2.45) is 0 Å². The van der Waals surface area contributed by atoms with Gasteiger partial charge in [0, 0.05) is 12.2 Å². The zero-order chi connectivity index (χ0) is 9.84. The second-order valence-electron chi connectivity index (χ2n) is 3.15. The minimum absolute atomic E-state index is 0.0421. The molecule has 0 aromatic carbocycles. The van der Waals surface area contributed by atoms with Gasteiger partial charge in [-0.15, -0.1) is 0 Å². The number of hydrogen-bond donors (Lipinski definition) is 2. The largest absolute Gasteiger partial charge is 0.452 e. The van der Waals surface area contributed by atoms with Crippen molar-refractivity contribution in [3.05, 3.63) is 11.6 Å². The van der Waals surface area contributed by atoms with Gasteiger partial charge in [0.25, 0.3) is 0 Å². The van der Waals surface area contributed by atoms with Gasteiger partial charge < -0.3 is 14.9 Å². The first-order valence-corrected chi connectivity index (χ1v) is 4.33. The summed E-state index contributed by atoms with van der Waals surface area (Å²) in [5, 5.41) is 18.0. The van der Waals surface area contributed by atoms with Gasteiger partial charge in [-0.25, -0.2) is 4.79 Å². The van der Waals surface area contributed by atoms with E-state index in [4.69, 9.17) is 9.84 Å². The normalized spacial score (nSPS) is 24.1. The lowest BCUT2D eigenvalue weighted by atomic mass is 10.1. The number of carbonyl (C=O) groups excluding carboxylic acids is 1. The molecule has 74 valence electrons. The van der Waals surface area contributed by atoms with Crippen LogP contribution in [0.15, 0.2) is 11.6 Å². The highest BCUT2D eigenvalue weighted by atomic mass is 16.6. The van der Waals surface area contributed by atoms with Crippen LogP contribution in [0.4, 0.5) is 0 Å². The molecule has 2 unspecified atom stereocenters. The highest BCUT2D eigenvalue weighted by Gasteiger charge is 2.27. The van der Waals surface area contributed by atoms with Crippen molar-refractivity contribution in [3.8, 4) is 0 Å². The zero-order valence-electron chi connectivity index (χ0n) is 7.56. The SMILES string of the molecule is CC1=CC(C(O)CCCO)OC1=O. The van der Waals surface area contributed by atoms with Crippen molar-refractivity contribution >= 4 is 5.97 Å². The minimum Gasteiger partial charge on any atom is -0.452 e. The highest BCUT2D eigenvalue weighted by molar-refractivity contribution is 5.90. The molecule has 2 atom stereocenters. The average molecular weight is 186 g/mol. The Morgan fingerprint density at radius 3 is 2.85 bits per heavy atom. The van der Waals surface area contributed by atoms with E-state index in [9.17, 15) is 9.90 Å². The van der Waals surface area contributed by atoms with E-state index in [0.29, 0.717) is 18.4 Å². The Labute approximate surface area is 76.8 Å². The first-order chi connectivity index (χ1) is 6.15. The zero-order valence-corrected chi connectivity index (χ0v) is 7.56. The molecular formula is C9H14O4. The molecule has 1 rings (SSSR count). The van der Waals surface area contributed by atoms with Crippen LogP contribution in [0, 0.1) is 0 Å². The van der Waals surface area contributed by atoms with Gasteiger partial charge in [0.15, 0.2) is 0 Å². The standard InChI is InChI=1S/C9H14O4/c1-6-5-8(13-9(6)12)7(11)3-2-4-10/h5,7-8,10-11H,2-4H2,1H3. The molecule has 0 amide bonds. The van der Waals surface area contributed by atoms with E-state index >= 15 is 0 Å². The van der Waals surface area contributed by atoms with Gasteiger partial charge in [0.2, 0.25) is 0 Å². The molecule has 4 nitrogen and oxygen atoms in total. The molecule has 4 heteroatoms. The molecule has 0 spiro atoms. The maximum Gasteiger partial charge on any atom is 0.334 e. The van der Waals surface area contributed by atoms with Crippen molar-refractivity contribution < 1.29 is 19.7 Å². The van der Waals surface area contributed by atoms with E-state index in [1.165, 1.54) is 0 Å². The summed E-state index contributed by atoms with van der Waals surface area (Å²) in [7, 11) is 0. The Bertz CT molecular complexity index is 222. The molecule has 0 saturated heterocycles. The Hall–Kier alpha value is -0.870. The lowest BCUT2D eigenvalue weighted by Crippen LogP contribution is -2.25. The number of carbonyl (C=O) groups is 1. The summed E-state index contributed by atoms with van der Waals surface area (Å²) < 4.78 is 4.87. The van der Waals surface area contributed by atoms with Crippen molar-refractivity contribution in [1.82, 2.24) is 0 Å². The summed E-state index contributed by atoms with van der Waals surface area (Å²) >= 11 is 0. The maximum atomic E-state index is 10.9. The Morgan fingerprint density at radius 2 is 2.38 bits per heavy atom. The van der Waals surface area contributed by atoms with Crippen LogP contribution in [-0.4, -0.2) is 35.0 Å². The predicted octanol–water partition coefficient (Wildman–Crippen LogP) is -0.00850. The minimum atomic E-state index is -0.700. The van der Waals surface area contributed by atoms with E-state index in [-0.39, 0.29) is 12.6 Å². The Morgan fingerprint density at radius 1 is 1.69 bits per heavy atom. The van der Waals surface area contributed by atoms with Crippen LogP contribution in [0.5, 0.6) is 0 Å². The third-order valence-corrected chi connectivity index (χ3v) is 2.02. The number of ether oxygens (including phenoxy) is 1. The summed E-state index contributed by atoms with van der Waals surface area (Å²) in [6.45, 7) is 1.70. The number of aliphatic hydroxyl groups is 2. The molecule has 0 aliphatic carbocycles. The van der Waals surface area contributed by atoms with Gasteiger partial charge in [-0.1, -0.05) is 0 Å². The third kappa shape index (κ3) is 2.54. The lowest BCUT2D eigenvalue weighted by Gasteiger charge is -2.14. The molecule has 1 aliphatic rings. The lowest BCUT2D eigenvalue weighted by molar-refractivity contribution is -0.143. The molecule has 2 N–H and O–H groups in total. The first-order valence-electron chi connectivity index (χ1n) is 4.33. The summed E-state index contributed by atoms with van der Waals surface area (Å²) in [5.41, 5.74) is 0.535. The van der Waals surface area contributed by atoms with Crippen molar-refractivity contribution in [2.45, 2.75) is 32.0 Å². The summed E-state index contributed by atoms with van der Waals surface area (Å²) in [6, 6.07) is 0. The molecule has 0 radical (unpaired) electrons. The second-order valence-corrected chi connectivity index (χ2v) is 3.15. The van der Waals surface area contributed by atoms with Gasteiger partial charge in [-0.05, 0) is 25.8 Å². The molecule has 1 heterocycles. The van der Waals surface area contributed by atoms with E-state index < -0.39 is 12.2 Å². The number of hydrogen-bond acceptors (Lipinski definition) is 4. The van der Waals surface area contributed by atoms with E-state index in [2.05, 4.69) is 0 Å². The van der Waals surface area contributed by atoms with Gasteiger partial charge in [-0.3, -0.25) is 0 Å². The predicted molar refractivity (Wildman–Crippen MR) is 46.0 cm³/mol. The topological polar surface area (TPSA) is 66.8 Å². The highest BCUT2D eigenvalue weighted by Crippen LogP contribution is 2.18. The molecular weight excluding hydrogens is 172 g/mol. The first kappa shape index (κ1) is 10.2. The quantitative estimate of drug-likeness (QED) is 0.606. The molecule has 0 aromatic rings. The maximum absolute atomic E-state index is 10.9. The fourth-order valence-electron chi connectivity index (χ4n) is 1.22. The van der Waals surface area contributed by atoms with Crippen LogP contribution >= 0.6 is 0 Å². The average Bonchev–Trinajstić information content (AvgIpc) is 2.43. The van der Waals surface area contributed by atoms with E-state index in [0.717, 1.165) is 0 Å². The molecule has 13 heavy (non-hydrogen) atoms. The molecule has 1 aliphatic heterocycles. The molecule has 0 aromatic heterocycles. The van der Waals surface area contributed by atoms with Crippen LogP contribution in [0.1, 0.15) is 19.8 Å². The van der Waals surface area contributed by atoms with Gasteiger partial charge in [-0.2, -0.15) is 0 Å². The van der Waals surface area contributed by atoms with Crippen LogP contribution in [-0.2, 0) is 9.53 Å². The van der Waals surface area contributed by atoms with Crippen LogP contribution in [0.3, 0.4) is 0 Å². The molecule has 0 fully saturated rings. The van der Waals surface area contributed by atoms with E-state index in [1.54, 1.807) is 13.0 Å². The summed E-state index contributed by atoms with van der Waals surface area (Å²) in [4.78, 5) is 10.9. The molecule has 0 bridgehead atoms. The van der Waals surface area contributed by atoms with Gasteiger partial charge >= 0.3 is 5.97 Å². The summed E-state index contributed by atoms with van der Waals surface area (Å²) in [5.74, 6) is -0.368. The van der Waals surface area contributed by atoms with Gasteiger partial charge in [0.05, 0.1) is 6.10 Å². The molecule has 0 saturated carbocycles. The number of esters is 1.